The summed E-state index contributed by atoms with van der Waals surface area (Å²) in [4.78, 5) is 24.4. The van der Waals surface area contributed by atoms with E-state index in [1.807, 2.05) is 0 Å². The molecule has 4 fully saturated rings. The highest BCUT2D eigenvalue weighted by Gasteiger charge is 2.51. The molecular formula is C21H27F2N3O3. The van der Waals surface area contributed by atoms with Crippen molar-refractivity contribution in [1.29, 1.82) is 0 Å². The second kappa shape index (κ2) is 8.16. The first-order valence-corrected chi connectivity index (χ1v) is 10.3. The number of ether oxygens (including phenoxy) is 1. The Morgan fingerprint density at radius 3 is 2.38 bits per heavy atom. The van der Waals surface area contributed by atoms with Crippen LogP contribution in [-0.4, -0.2) is 30.6 Å². The smallest absolute Gasteiger partial charge is 0.387 e. The standard InChI is InChI=1S/C21H27F2N3O3/c22-19(23)29-17-3-1-2-16(9-17)25-18(27)4-5-24-20(28)26-21-10-13-6-14(11-21)8-15(7-13)12-21/h1-3,9,13-15,19H,4-8,10-12H2,(H,25,27)(H2,24,26,28). The summed E-state index contributed by atoms with van der Waals surface area (Å²) in [6.45, 7) is -2.71. The molecule has 1 aromatic rings. The molecule has 0 unspecified atom stereocenters. The van der Waals surface area contributed by atoms with E-state index in [1.165, 1.54) is 37.5 Å². The van der Waals surface area contributed by atoms with Crippen LogP contribution in [0.3, 0.4) is 0 Å². The molecule has 4 bridgehead atoms. The first-order chi connectivity index (χ1) is 13.9. The number of rotatable bonds is 7. The molecule has 1 aromatic carbocycles. The van der Waals surface area contributed by atoms with Crippen molar-refractivity contribution in [3.8, 4) is 5.75 Å². The Hall–Kier alpha value is -2.38. The van der Waals surface area contributed by atoms with E-state index < -0.39 is 6.61 Å². The molecule has 0 aromatic heterocycles. The van der Waals surface area contributed by atoms with Gasteiger partial charge >= 0.3 is 12.6 Å². The summed E-state index contributed by atoms with van der Waals surface area (Å²) in [5, 5.41) is 8.60. The van der Waals surface area contributed by atoms with Gasteiger partial charge < -0.3 is 20.7 Å². The van der Waals surface area contributed by atoms with Crippen LogP contribution in [0.2, 0.25) is 0 Å². The van der Waals surface area contributed by atoms with Crippen molar-refractivity contribution < 1.29 is 23.1 Å². The first-order valence-electron chi connectivity index (χ1n) is 10.3. The predicted molar refractivity (Wildman–Crippen MR) is 104 cm³/mol. The fourth-order valence-electron chi connectivity index (χ4n) is 5.81. The maximum Gasteiger partial charge on any atom is 0.387 e. The number of hydrogen-bond acceptors (Lipinski definition) is 3. The van der Waals surface area contributed by atoms with E-state index in [-0.39, 0.29) is 36.2 Å². The van der Waals surface area contributed by atoms with Crippen molar-refractivity contribution in [3.63, 3.8) is 0 Å². The highest BCUT2D eigenvalue weighted by molar-refractivity contribution is 5.91. The topological polar surface area (TPSA) is 79.5 Å². The van der Waals surface area contributed by atoms with Gasteiger partial charge in [0.25, 0.3) is 0 Å². The average molecular weight is 407 g/mol. The van der Waals surface area contributed by atoms with E-state index in [4.69, 9.17) is 0 Å². The predicted octanol–water partition coefficient (Wildman–Crippen LogP) is 3.88. The van der Waals surface area contributed by atoms with Crippen molar-refractivity contribution in [2.75, 3.05) is 11.9 Å². The van der Waals surface area contributed by atoms with Gasteiger partial charge in [-0.25, -0.2) is 4.79 Å². The van der Waals surface area contributed by atoms with Gasteiger partial charge in [0.15, 0.2) is 0 Å². The largest absolute Gasteiger partial charge is 0.435 e. The summed E-state index contributed by atoms with van der Waals surface area (Å²) < 4.78 is 28.9. The highest BCUT2D eigenvalue weighted by Crippen LogP contribution is 2.55. The normalized spacial score (nSPS) is 29.6. The minimum absolute atomic E-state index is 0.0223. The number of halogens is 2. The molecule has 4 aliphatic rings. The Balaban J connectivity index is 1.20. The van der Waals surface area contributed by atoms with Crippen LogP contribution in [0.15, 0.2) is 24.3 Å². The summed E-state index contributed by atoms with van der Waals surface area (Å²) in [5.41, 5.74) is 0.304. The Bertz CT molecular complexity index is 736. The molecule has 0 heterocycles. The number of nitrogens with one attached hydrogen (secondary N) is 3. The van der Waals surface area contributed by atoms with Crippen molar-refractivity contribution in [3.05, 3.63) is 24.3 Å². The average Bonchev–Trinajstić information content (AvgIpc) is 2.59. The lowest BCUT2D eigenvalue weighted by atomic mass is 9.53. The number of alkyl halides is 2. The van der Waals surface area contributed by atoms with E-state index in [2.05, 4.69) is 20.7 Å². The molecule has 8 heteroatoms. The zero-order chi connectivity index (χ0) is 20.4. The fraction of sp³-hybridized carbons (Fsp3) is 0.619. The number of carbonyl (C=O) groups excluding carboxylic acids is 2. The van der Waals surface area contributed by atoms with Crippen LogP contribution >= 0.6 is 0 Å². The molecule has 3 N–H and O–H groups in total. The third-order valence-corrected chi connectivity index (χ3v) is 6.40. The maximum atomic E-state index is 12.4. The molecule has 5 rings (SSSR count). The quantitative estimate of drug-likeness (QED) is 0.642. The molecule has 6 nitrogen and oxygen atoms in total. The first kappa shape index (κ1) is 19.9. The molecule has 0 atom stereocenters. The number of carbonyl (C=O) groups is 2. The summed E-state index contributed by atoms with van der Waals surface area (Å²) in [6.07, 6.45) is 7.25. The minimum Gasteiger partial charge on any atom is -0.435 e. The molecule has 4 aliphatic carbocycles. The number of hydrogen-bond donors (Lipinski definition) is 3. The lowest BCUT2D eigenvalue weighted by molar-refractivity contribution is -0.116. The van der Waals surface area contributed by atoms with Crippen molar-refractivity contribution in [2.45, 2.75) is 57.1 Å². The Kier molecular flexibility index (Phi) is 5.61. The Morgan fingerprint density at radius 2 is 1.76 bits per heavy atom. The zero-order valence-corrected chi connectivity index (χ0v) is 16.3. The number of anilines is 1. The summed E-state index contributed by atoms with van der Waals surface area (Å²) in [6, 6.07) is 5.61. The van der Waals surface area contributed by atoms with Crippen LogP contribution in [0.1, 0.15) is 44.9 Å². The van der Waals surface area contributed by atoms with Gasteiger partial charge in [0.1, 0.15) is 5.75 Å². The minimum atomic E-state index is -2.92. The van der Waals surface area contributed by atoms with Gasteiger partial charge in [0.2, 0.25) is 5.91 Å². The van der Waals surface area contributed by atoms with E-state index in [0.717, 1.165) is 37.0 Å². The number of urea groups is 1. The monoisotopic (exact) mass is 407 g/mol. The molecule has 0 spiro atoms. The van der Waals surface area contributed by atoms with Crippen LogP contribution in [0.5, 0.6) is 5.75 Å². The molecule has 29 heavy (non-hydrogen) atoms. The van der Waals surface area contributed by atoms with Crippen LogP contribution in [-0.2, 0) is 4.79 Å². The number of amides is 3. The highest BCUT2D eigenvalue weighted by atomic mass is 19.3. The van der Waals surface area contributed by atoms with Gasteiger partial charge in [-0.15, -0.1) is 0 Å². The molecule has 0 aliphatic heterocycles. The van der Waals surface area contributed by atoms with E-state index in [1.54, 1.807) is 6.07 Å². The zero-order valence-electron chi connectivity index (χ0n) is 16.3. The molecule has 4 saturated carbocycles. The molecule has 0 saturated heterocycles. The second-order valence-electron chi connectivity index (χ2n) is 8.78. The fourth-order valence-corrected chi connectivity index (χ4v) is 5.81. The third kappa shape index (κ3) is 4.97. The Morgan fingerprint density at radius 1 is 1.10 bits per heavy atom. The summed E-state index contributed by atoms with van der Waals surface area (Å²) in [5.74, 6) is 1.91. The van der Waals surface area contributed by atoms with Crippen LogP contribution in [0.4, 0.5) is 19.3 Å². The van der Waals surface area contributed by atoms with Crippen molar-refractivity contribution in [2.24, 2.45) is 17.8 Å². The summed E-state index contributed by atoms with van der Waals surface area (Å²) in [7, 11) is 0. The van der Waals surface area contributed by atoms with E-state index >= 15 is 0 Å². The van der Waals surface area contributed by atoms with Crippen molar-refractivity contribution in [1.82, 2.24) is 10.6 Å². The van der Waals surface area contributed by atoms with Crippen molar-refractivity contribution >= 4 is 17.6 Å². The molecular weight excluding hydrogens is 380 g/mol. The van der Waals surface area contributed by atoms with E-state index in [0.29, 0.717) is 5.69 Å². The molecule has 158 valence electrons. The second-order valence-corrected chi connectivity index (χ2v) is 8.78. The number of benzene rings is 1. The van der Waals surface area contributed by atoms with E-state index in [9.17, 15) is 18.4 Å². The SMILES string of the molecule is O=C(CCNC(=O)NC12CC3CC(CC(C3)C1)C2)Nc1cccc(OC(F)F)c1. The van der Waals surface area contributed by atoms with Gasteiger partial charge in [-0.05, 0) is 68.4 Å². The summed E-state index contributed by atoms with van der Waals surface area (Å²) >= 11 is 0. The third-order valence-electron chi connectivity index (χ3n) is 6.40. The molecule has 0 radical (unpaired) electrons. The van der Waals surface area contributed by atoms with Gasteiger partial charge in [-0.2, -0.15) is 8.78 Å². The lowest BCUT2D eigenvalue weighted by Crippen LogP contribution is -2.61. The molecule has 3 amide bonds. The lowest BCUT2D eigenvalue weighted by Gasteiger charge is -2.56. The Labute approximate surface area is 168 Å². The van der Waals surface area contributed by atoms with Gasteiger partial charge in [0.05, 0.1) is 0 Å². The van der Waals surface area contributed by atoms with Crippen LogP contribution in [0.25, 0.3) is 0 Å². The van der Waals surface area contributed by atoms with Gasteiger partial charge in [-0.3, -0.25) is 4.79 Å². The maximum absolute atomic E-state index is 12.4. The van der Waals surface area contributed by atoms with Gasteiger partial charge in [0, 0.05) is 30.3 Å². The van der Waals surface area contributed by atoms with Gasteiger partial charge in [-0.1, -0.05) is 6.07 Å². The van der Waals surface area contributed by atoms with Crippen LogP contribution < -0.4 is 20.7 Å². The van der Waals surface area contributed by atoms with Crippen LogP contribution in [0, 0.1) is 17.8 Å².